The lowest BCUT2D eigenvalue weighted by molar-refractivity contribution is 0.0636. The van der Waals surface area contributed by atoms with Gasteiger partial charge in [0, 0.05) is 12.6 Å². The largest absolute Gasteiger partial charge is 0.444 e. The number of aromatic nitrogens is 1. The Balaban J connectivity index is 2.04. The molecule has 1 aromatic heterocycles. The number of alkyl halides is 1. The van der Waals surface area contributed by atoms with Gasteiger partial charge in [-0.3, -0.25) is 5.32 Å². The highest BCUT2D eigenvalue weighted by Crippen LogP contribution is 2.33. The summed E-state index contributed by atoms with van der Waals surface area (Å²) in [6, 6.07) is 0. The predicted octanol–water partition coefficient (Wildman–Crippen LogP) is 3.51. The number of anilines is 1. The summed E-state index contributed by atoms with van der Waals surface area (Å²) in [5, 5.41) is 3.15. The molecule has 0 aliphatic carbocycles. The molecule has 7 heteroatoms. The van der Waals surface area contributed by atoms with Crippen molar-refractivity contribution in [2.75, 3.05) is 5.32 Å². The Labute approximate surface area is 118 Å². The standard InChI is InChI=1S/C11H14BrN3O2S/c1-11(2,3)17-10(16)15-9-14-8-7(18-9)4-6(12)5-13-8/h5-6H,4H2,1-3H3,(H,14,15,16). The molecule has 2 heterocycles. The molecule has 1 amide bonds. The number of rotatable bonds is 1. The summed E-state index contributed by atoms with van der Waals surface area (Å²) in [4.78, 5) is 21.3. The van der Waals surface area contributed by atoms with Gasteiger partial charge in [-0.2, -0.15) is 0 Å². The van der Waals surface area contributed by atoms with Gasteiger partial charge in [-0.05, 0) is 20.8 Å². The molecule has 2 rings (SSSR count). The van der Waals surface area contributed by atoms with Gasteiger partial charge in [0.05, 0.1) is 9.70 Å². The van der Waals surface area contributed by atoms with Crippen LogP contribution in [0, 0.1) is 0 Å². The van der Waals surface area contributed by atoms with Crippen molar-refractivity contribution in [2.24, 2.45) is 4.99 Å². The number of hydrogen-bond donors (Lipinski definition) is 1. The fourth-order valence-electron chi connectivity index (χ4n) is 1.40. The molecule has 18 heavy (non-hydrogen) atoms. The van der Waals surface area contributed by atoms with Gasteiger partial charge in [-0.1, -0.05) is 27.3 Å². The molecule has 1 aliphatic heterocycles. The van der Waals surface area contributed by atoms with Gasteiger partial charge in [-0.15, -0.1) is 0 Å². The second-order valence-electron chi connectivity index (χ2n) is 4.89. The second kappa shape index (κ2) is 4.97. The quantitative estimate of drug-likeness (QED) is 0.801. The highest BCUT2D eigenvalue weighted by Gasteiger charge is 2.21. The molecule has 0 saturated heterocycles. The Morgan fingerprint density at radius 1 is 1.61 bits per heavy atom. The van der Waals surface area contributed by atoms with Gasteiger partial charge < -0.3 is 4.74 Å². The molecule has 1 atom stereocenters. The molecule has 5 nitrogen and oxygen atoms in total. The Bertz CT molecular complexity index is 493. The van der Waals surface area contributed by atoms with E-state index in [1.165, 1.54) is 11.3 Å². The highest BCUT2D eigenvalue weighted by atomic mass is 79.9. The topological polar surface area (TPSA) is 63.6 Å². The number of amides is 1. The highest BCUT2D eigenvalue weighted by molar-refractivity contribution is 9.10. The summed E-state index contributed by atoms with van der Waals surface area (Å²) in [5.41, 5.74) is -0.514. The van der Waals surface area contributed by atoms with Gasteiger partial charge in [0.15, 0.2) is 10.9 Å². The first-order chi connectivity index (χ1) is 8.33. The minimum atomic E-state index is -0.514. The van der Waals surface area contributed by atoms with E-state index in [0.717, 1.165) is 11.3 Å². The van der Waals surface area contributed by atoms with Crippen molar-refractivity contribution in [1.29, 1.82) is 0 Å². The Hall–Kier alpha value is -0.950. The third-order valence-electron chi connectivity index (χ3n) is 2.02. The maximum Gasteiger partial charge on any atom is 0.413 e. The molecule has 0 spiro atoms. The Morgan fingerprint density at radius 3 is 3.00 bits per heavy atom. The molecule has 98 valence electrons. The summed E-state index contributed by atoms with van der Waals surface area (Å²) in [7, 11) is 0. The predicted molar refractivity (Wildman–Crippen MR) is 76.5 cm³/mol. The van der Waals surface area contributed by atoms with E-state index in [0.29, 0.717) is 10.9 Å². The van der Waals surface area contributed by atoms with Crippen LogP contribution in [0.15, 0.2) is 4.99 Å². The molecule has 0 radical (unpaired) electrons. The zero-order valence-electron chi connectivity index (χ0n) is 10.4. The van der Waals surface area contributed by atoms with Crippen LogP contribution in [0.3, 0.4) is 0 Å². The van der Waals surface area contributed by atoms with Crippen LogP contribution in [0.5, 0.6) is 0 Å². The van der Waals surface area contributed by atoms with Gasteiger partial charge in [0.25, 0.3) is 0 Å². The normalized spacial score (nSPS) is 18.3. The van der Waals surface area contributed by atoms with Crippen molar-refractivity contribution in [1.82, 2.24) is 4.98 Å². The van der Waals surface area contributed by atoms with Crippen LogP contribution in [0.25, 0.3) is 0 Å². The van der Waals surface area contributed by atoms with Crippen molar-refractivity contribution < 1.29 is 9.53 Å². The number of carbonyl (C=O) groups is 1. The lowest BCUT2D eigenvalue weighted by Crippen LogP contribution is -2.27. The van der Waals surface area contributed by atoms with Gasteiger partial charge in [0.2, 0.25) is 0 Å². The number of fused-ring (bicyclic) bond motifs is 1. The number of carbonyl (C=O) groups excluding carboxylic acids is 1. The van der Waals surface area contributed by atoms with Crippen LogP contribution in [-0.2, 0) is 11.2 Å². The fourth-order valence-corrected chi connectivity index (χ4v) is 3.01. The van der Waals surface area contributed by atoms with E-state index in [1.54, 1.807) is 6.21 Å². The lowest BCUT2D eigenvalue weighted by atomic mass is 10.2. The van der Waals surface area contributed by atoms with E-state index in [4.69, 9.17) is 4.74 Å². The molecule has 1 unspecified atom stereocenters. The number of thiazole rings is 1. The first kappa shape index (κ1) is 13.5. The Kier molecular flexibility index (Phi) is 3.72. The van der Waals surface area contributed by atoms with E-state index in [2.05, 4.69) is 31.2 Å². The van der Waals surface area contributed by atoms with E-state index in [-0.39, 0.29) is 4.83 Å². The van der Waals surface area contributed by atoms with Crippen molar-refractivity contribution >= 4 is 50.5 Å². The van der Waals surface area contributed by atoms with Crippen molar-refractivity contribution in [2.45, 2.75) is 37.6 Å². The number of aliphatic imine (C=N–C) groups is 1. The SMILES string of the molecule is CC(C)(C)OC(=O)Nc1nc2c(s1)CC(Br)C=N2. The summed E-state index contributed by atoms with van der Waals surface area (Å²) < 4.78 is 5.16. The van der Waals surface area contributed by atoms with Crippen LogP contribution in [-0.4, -0.2) is 27.7 Å². The average Bonchev–Trinajstić information content (AvgIpc) is 2.55. The Morgan fingerprint density at radius 2 is 2.33 bits per heavy atom. The fraction of sp³-hybridized carbons (Fsp3) is 0.545. The minimum absolute atomic E-state index is 0.236. The molecule has 1 aliphatic rings. The molecular weight excluding hydrogens is 318 g/mol. The number of hydrogen-bond acceptors (Lipinski definition) is 5. The second-order valence-corrected chi connectivity index (χ2v) is 7.15. The van der Waals surface area contributed by atoms with E-state index >= 15 is 0 Å². The molecule has 0 aromatic carbocycles. The van der Waals surface area contributed by atoms with Crippen LogP contribution < -0.4 is 5.32 Å². The monoisotopic (exact) mass is 331 g/mol. The number of nitrogens with one attached hydrogen (secondary N) is 1. The molecule has 0 fully saturated rings. The first-order valence-electron chi connectivity index (χ1n) is 5.51. The van der Waals surface area contributed by atoms with Crippen LogP contribution in [0.1, 0.15) is 25.6 Å². The molecule has 0 saturated carbocycles. The average molecular weight is 332 g/mol. The van der Waals surface area contributed by atoms with Crippen LogP contribution in [0.2, 0.25) is 0 Å². The van der Waals surface area contributed by atoms with Gasteiger partial charge in [-0.25, -0.2) is 14.8 Å². The number of ether oxygens (including phenoxy) is 1. The summed E-state index contributed by atoms with van der Waals surface area (Å²) in [6.45, 7) is 5.46. The maximum absolute atomic E-state index is 11.6. The third-order valence-corrected chi connectivity index (χ3v) is 3.57. The van der Waals surface area contributed by atoms with Gasteiger partial charge >= 0.3 is 6.09 Å². The smallest absolute Gasteiger partial charge is 0.413 e. The molecule has 0 bridgehead atoms. The van der Waals surface area contributed by atoms with Crippen molar-refractivity contribution in [3.05, 3.63) is 4.88 Å². The summed E-state index contributed by atoms with van der Waals surface area (Å²) in [5.74, 6) is 0.682. The van der Waals surface area contributed by atoms with E-state index < -0.39 is 11.7 Å². The molecule has 1 aromatic rings. The molecule has 1 N–H and O–H groups in total. The third kappa shape index (κ3) is 3.52. The molecular formula is C11H14BrN3O2S. The van der Waals surface area contributed by atoms with Crippen molar-refractivity contribution in [3.63, 3.8) is 0 Å². The first-order valence-corrected chi connectivity index (χ1v) is 7.25. The number of halogens is 1. The zero-order chi connectivity index (χ0) is 13.3. The maximum atomic E-state index is 11.6. The van der Waals surface area contributed by atoms with E-state index in [1.807, 2.05) is 20.8 Å². The van der Waals surface area contributed by atoms with Crippen LogP contribution >= 0.6 is 27.3 Å². The summed E-state index contributed by atoms with van der Waals surface area (Å²) in [6.07, 6.45) is 2.15. The minimum Gasteiger partial charge on any atom is -0.444 e. The summed E-state index contributed by atoms with van der Waals surface area (Å²) >= 11 is 4.90. The zero-order valence-corrected chi connectivity index (χ0v) is 12.8. The van der Waals surface area contributed by atoms with E-state index in [9.17, 15) is 4.79 Å². The van der Waals surface area contributed by atoms with Crippen LogP contribution in [0.4, 0.5) is 15.7 Å². The van der Waals surface area contributed by atoms with Gasteiger partial charge in [0.1, 0.15) is 5.60 Å². The lowest BCUT2D eigenvalue weighted by Gasteiger charge is -2.18. The number of nitrogens with zero attached hydrogens (tertiary/aromatic N) is 2. The van der Waals surface area contributed by atoms with Crippen molar-refractivity contribution in [3.8, 4) is 0 Å².